The van der Waals surface area contributed by atoms with E-state index in [9.17, 15) is 13.2 Å². The summed E-state index contributed by atoms with van der Waals surface area (Å²) in [5, 5.41) is 2.95. The van der Waals surface area contributed by atoms with Crippen LogP contribution < -0.4 is 10.0 Å². The van der Waals surface area contributed by atoms with E-state index in [1.165, 1.54) is 30.5 Å². The van der Waals surface area contributed by atoms with Gasteiger partial charge in [-0.1, -0.05) is 12.1 Å². The number of nitrogens with one attached hydrogen (secondary N) is 2. The molecular weight excluding hydrogens is 428 g/mol. The van der Waals surface area contributed by atoms with E-state index < -0.39 is 10.0 Å². The van der Waals surface area contributed by atoms with Crippen LogP contribution in [-0.4, -0.2) is 23.9 Å². The summed E-state index contributed by atoms with van der Waals surface area (Å²) >= 11 is 0. The standard InChI is InChI=1S/C23H24N4O4S/c1-3-27-21-9-5-4-8-20(21)26-22(27)16(2)25-23(28)17-10-12-19(13-11-17)32(29,30)24-15-18-7-6-14-31-18/h4-14,16,24H,3,15H2,1-2H3,(H,25,28). The van der Waals surface area contributed by atoms with Gasteiger partial charge in [0.05, 0.1) is 34.8 Å². The van der Waals surface area contributed by atoms with Gasteiger partial charge < -0.3 is 14.3 Å². The number of amides is 1. The van der Waals surface area contributed by atoms with Gasteiger partial charge in [-0.2, -0.15) is 0 Å². The molecule has 1 unspecified atom stereocenters. The van der Waals surface area contributed by atoms with Crippen molar-refractivity contribution in [3.63, 3.8) is 0 Å². The van der Waals surface area contributed by atoms with Crippen molar-refractivity contribution in [2.75, 3.05) is 0 Å². The van der Waals surface area contributed by atoms with E-state index in [-0.39, 0.29) is 23.4 Å². The zero-order valence-corrected chi connectivity index (χ0v) is 18.6. The van der Waals surface area contributed by atoms with Crippen LogP contribution in [0, 0.1) is 0 Å². The highest BCUT2D eigenvalue weighted by molar-refractivity contribution is 7.89. The predicted molar refractivity (Wildman–Crippen MR) is 120 cm³/mol. The quantitative estimate of drug-likeness (QED) is 0.425. The summed E-state index contributed by atoms with van der Waals surface area (Å²) in [6, 6.07) is 16.7. The Kier molecular flexibility index (Phi) is 6.11. The number of imidazole rings is 1. The summed E-state index contributed by atoms with van der Waals surface area (Å²) in [5.41, 5.74) is 2.26. The molecule has 0 aliphatic carbocycles. The molecule has 0 saturated carbocycles. The lowest BCUT2D eigenvalue weighted by Crippen LogP contribution is -2.29. The minimum Gasteiger partial charge on any atom is -0.468 e. The smallest absolute Gasteiger partial charge is 0.251 e. The summed E-state index contributed by atoms with van der Waals surface area (Å²) in [6.07, 6.45) is 1.48. The molecule has 32 heavy (non-hydrogen) atoms. The van der Waals surface area contributed by atoms with Crippen molar-refractivity contribution >= 4 is 27.0 Å². The van der Waals surface area contributed by atoms with Crippen LogP contribution in [0.1, 0.15) is 41.8 Å². The Bertz CT molecular complexity index is 1330. The molecule has 0 saturated heterocycles. The normalized spacial score (nSPS) is 12.7. The molecule has 2 heterocycles. The maximum atomic E-state index is 12.8. The van der Waals surface area contributed by atoms with Gasteiger partial charge in [-0.05, 0) is 62.4 Å². The highest BCUT2D eigenvalue weighted by Gasteiger charge is 2.19. The third-order valence-corrected chi connectivity index (χ3v) is 6.60. The second-order valence-electron chi connectivity index (χ2n) is 7.33. The molecule has 2 aromatic heterocycles. The van der Waals surface area contributed by atoms with Crippen LogP contribution in [0.25, 0.3) is 11.0 Å². The van der Waals surface area contributed by atoms with Gasteiger partial charge in [-0.3, -0.25) is 4.79 Å². The van der Waals surface area contributed by atoms with Crippen LogP contribution in [0.2, 0.25) is 0 Å². The lowest BCUT2D eigenvalue weighted by Gasteiger charge is -2.15. The zero-order valence-electron chi connectivity index (χ0n) is 17.8. The van der Waals surface area contributed by atoms with Crippen molar-refractivity contribution in [3.8, 4) is 0 Å². The number of hydrogen-bond acceptors (Lipinski definition) is 5. The molecule has 0 aliphatic rings. The van der Waals surface area contributed by atoms with Crippen molar-refractivity contribution in [2.45, 2.75) is 37.9 Å². The number of benzene rings is 2. The number of furan rings is 1. The average molecular weight is 453 g/mol. The monoisotopic (exact) mass is 452 g/mol. The Morgan fingerprint density at radius 1 is 1.09 bits per heavy atom. The van der Waals surface area contributed by atoms with E-state index in [2.05, 4.69) is 19.6 Å². The number of rotatable bonds is 8. The Balaban J connectivity index is 1.46. The second-order valence-corrected chi connectivity index (χ2v) is 9.09. The number of carbonyl (C=O) groups is 1. The predicted octanol–water partition coefficient (Wildman–Crippen LogP) is 3.62. The largest absolute Gasteiger partial charge is 0.468 e. The SMILES string of the molecule is CCn1c(C(C)NC(=O)c2ccc(S(=O)(=O)NCc3ccco3)cc2)nc2ccccc21. The van der Waals surface area contributed by atoms with Gasteiger partial charge in [0.25, 0.3) is 5.91 Å². The maximum absolute atomic E-state index is 12.8. The highest BCUT2D eigenvalue weighted by Crippen LogP contribution is 2.21. The van der Waals surface area contributed by atoms with E-state index in [1.54, 1.807) is 12.1 Å². The number of fused-ring (bicyclic) bond motifs is 1. The Morgan fingerprint density at radius 3 is 2.53 bits per heavy atom. The minimum absolute atomic E-state index is 0.0491. The Hall–Kier alpha value is -3.43. The number of para-hydroxylation sites is 2. The van der Waals surface area contributed by atoms with Gasteiger partial charge in [-0.25, -0.2) is 18.1 Å². The molecule has 0 bridgehead atoms. The van der Waals surface area contributed by atoms with Crippen LogP contribution in [0.3, 0.4) is 0 Å². The van der Waals surface area contributed by atoms with Crippen molar-refractivity contribution in [3.05, 3.63) is 84.1 Å². The fourth-order valence-corrected chi connectivity index (χ4v) is 4.54. The van der Waals surface area contributed by atoms with Crippen LogP contribution in [0.5, 0.6) is 0 Å². The van der Waals surface area contributed by atoms with Gasteiger partial charge in [-0.15, -0.1) is 0 Å². The van der Waals surface area contributed by atoms with Crippen LogP contribution in [0.15, 0.2) is 76.2 Å². The van der Waals surface area contributed by atoms with Gasteiger partial charge >= 0.3 is 0 Å². The second kappa shape index (κ2) is 8.97. The molecule has 0 spiro atoms. The van der Waals surface area contributed by atoms with E-state index in [1.807, 2.05) is 38.1 Å². The van der Waals surface area contributed by atoms with E-state index in [0.717, 1.165) is 23.4 Å². The average Bonchev–Trinajstić information content (AvgIpc) is 3.45. The zero-order chi connectivity index (χ0) is 22.7. The third-order valence-electron chi connectivity index (χ3n) is 5.18. The summed E-state index contributed by atoms with van der Waals surface area (Å²) in [7, 11) is -3.72. The number of aryl methyl sites for hydroxylation is 1. The first-order chi connectivity index (χ1) is 15.4. The van der Waals surface area contributed by atoms with Crippen LogP contribution >= 0.6 is 0 Å². The first-order valence-electron chi connectivity index (χ1n) is 10.3. The van der Waals surface area contributed by atoms with Gasteiger partial charge in [0.15, 0.2) is 0 Å². The van der Waals surface area contributed by atoms with Crippen molar-refractivity contribution in [2.24, 2.45) is 0 Å². The molecule has 4 aromatic rings. The summed E-state index contributed by atoms with van der Waals surface area (Å²) in [4.78, 5) is 17.5. The van der Waals surface area contributed by atoms with E-state index >= 15 is 0 Å². The molecular formula is C23H24N4O4S. The van der Waals surface area contributed by atoms with Gasteiger partial charge in [0.1, 0.15) is 11.6 Å². The summed E-state index contributed by atoms with van der Waals surface area (Å²) in [5.74, 6) is 0.972. The first kappa shape index (κ1) is 21.8. The molecule has 2 aromatic carbocycles. The molecule has 2 N–H and O–H groups in total. The van der Waals surface area contributed by atoms with Crippen molar-refractivity contribution < 1.29 is 17.6 Å². The van der Waals surface area contributed by atoms with Crippen molar-refractivity contribution in [1.82, 2.24) is 19.6 Å². The molecule has 8 nitrogen and oxygen atoms in total. The van der Waals surface area contributed by atoms with Gasteiger partial charge in [0.2, 0.25) is 10.0 Å². The van der Waals surface area contributed by atoms with E-state index in [4.69, 9.17) is 4.42 Å². The topological polar surface area (TPSA) is 106 Å². The fourth-order valence-electron chi connectivity index (χ4n) is 3.55. The molecule has 166 valence electrons. The molecule has 0 fully saturated rings. The van der Waals surface area contributed by atoms with Crippen molar-refractivity contribution in [1.29, 1.82) is 0 Å². The number of nitrogens with zero attached hydrogens (tertiary/aromatic N) is 2. The number of sulfonamides is 1. The molecule has 0 aliphatic heterocycles. The Labute approximate surface area is 186 Å². The fraction of sp³-hybridized carbons (Fsp3) is 0.217. The maximum Gasteiger partial charge on any atom is 0.251 e. The highest BCUT2D eigenvalue weighted by atomic mass is 32.2. The Morgan fingerprint density at radius 2 is 1.84 bits per heavy atom. The molecule has 4 rings (SSSR count). The molecule has 1 amide bonds. The van der Waals surface area contributed by atoms with E-state index in [0.29, 0.717) is 11.3 Å². The summed E-state index contributed by atoms with van der Waals surface area (Å²) < 4.78 is 34.6. The number of hydrogen-bond donors (Lipinski definition) is 2. The molecule has 0 radical (unpaired) electrons. The number of carbonyl (C=O) groups excluding carboxylic acids is 1. The number of aromatic nitrogens is 2. The molecule has 1 atom stereocenters. The lowest BCUT2D eigenvalue weighted by atomic mass is 10.2. The minimum atomic E-state index is -3.72. The third kappa shape index (κ3) is 4.44. The summed E-state index contributed by atoms with van der Waals surface area (Å²) in [6.45, 7) is 4.69. The van der Waals surface area contributed by atoms with Crippen LogP contribution in [-0.2, 0) is 23.1 Å². The first-order valence-corrected chi connectivity index (χ1v) is 11.8. The van der Waals surface area contributed by atoms with Gasteiger partial charge in [0, 0.05) is 12.1 Å². The molecule has 9 heteroatoms. The van der Waals surface area contributed by atoms with Crippen LogP contribution in [0.4, 0.5) is 0 Å². The lowest BCUT2D eigenvalue weighted by molar-refractivity contribution is 0.0937.